The number of carbonyl (C=O) groups excluding carboxylic acids is 1. The van der Waals surface area contributed by atoms with Crippen molar-refractivity contribution in [1.29, 1.82) is 0 Å². The van der Waals surface area contributed by atoms with Gasteiger partial charge in [-0.05, 0) is 50.8 Å². The molecule has 176 valence electrons. The van der Waals surface area contributed by atoms with Crippen LogP contribution >= 0.6 is 23.1 Å². The number of thioether (sulfide) groups is 1. The molecule has 3 heterocycles. The molecule has 0 amide bonds. The molecule has 1 atom stereocenters. The van der Waals surface area contributed by atoms with E-state index in [4.69, 9.17) is 9.15 Å². The van der Waals surface area contributed by atoms with Crippen LogP contribution in [0.5, 0.6) is 0 Å². The Morgan fingerprint density at radius 3 is 2.59 bits per heavy atom. The fourth-order valence-corrected chi connectivity index (χ4v) is 5.04. The third-order valence-electron chi connectivity index (χ3n) is 5.08. The predicted molar refractivity (Wildman–Crippen MR) is 129 cm³/mol. The number of esters is 1. The first kappa shape index (κ1) is 23.7. The van der Waals surface area contributed by atoms with Gasteiger partial charge in [0, 0.05) is 11.0 Å². The van der Waals surface area contributed by atoms with Gasteiger partial charge in [-0.2, -0.15) is 0 Å². The van der Waals surface area contributed by atoms with E-state index in [2.05, 4.69) is 4.99 Å². The second-order valence-electron chi connectivity index (χ2n) is 7.74. The van der Waals surface area contributed by atoms with Crippen molar-refractivity contribution in [3.05, 3.63) is 88.8 Å². The number of ether oxygens (including phenoxy) is 1. The summed E-state index contributed by atoms with van der Waals surface area (Å²) < 4.78 is 12.4. The minimum absolute atomic E-state index is 0.174. The number of aromatic nitrogens is 1. The Morgan fingerprint density at radius 1 is 1.29 bits per heavy atom. The number of rotatable bonds is 6. The first-order valence-electron chi connectivity index (χ1n) is 10.3. The number of hydrogen-bond donors (Lipinski definition) is 0. The van der Waals surface area contributed by atoms with Crippen LogP contribution < -0.4 is 14.9 Å². The zero-order valence-electron chi connectivity index (χ0n) is 18.8. The molecule has 4 rings (SSSR count). The summed E-state index contributed by atoms with van der Waals surface area (Å²) in [6.45, 7) is 5.23. The lowest BCUT2D eigenvalue weighted by Gasteiger charge is -2.25. The summed E-state index contributed by atoms with van der Waals surface area (Å²) in [4.78, 5) is 42.8. The third kappa shape index (κ3) is 4.48. The van der Waals surface area contributed by atoms with E-state index in [0.717, 1.165) is 21.8 Å². The summed E-state index contributed by atoms with van der Waals surface area (Å²) in [5.74, 6) is -0.778. The zero-order valence-corrected chi connectivity index (χ0v) is 20.4. The van der Waals surface area contributed by atoms with Crippen molar-refractivity contribution in [2.24, 2.45) is 4.99 Å². The number of carbonyl (C=O) groups is 1. The normalized spacial score (nSPS) is 15.9. The molecule has 0 fully saturated rings. The SMILES string of the molecule is CSc1ccc(C2C(C(=O)OC(C)C)=C(C)N=c3sc(=Cc4ccc([N+](=O)[O-])o4)c(=O)n32)cc1. The van der Waals surface area contributed by atoms with Gasteiger partial charge in [0.05, 0.1) is 34.0 Å². The summed E-state index contributed by atoms with van der Waals surface area (Å²) in [6.07, 6.45) is 3.06. The van der Waals surface area contributed by atoms with Gasteiger partial charge < -0.3 is 9.15 Å². The fourth-order valence-electron chi connectivity index (χ4n) is 3.61. The summed E-state index contributed by atoms with van der Waals surface area (Å²) in [5.41, 5.74) is 1.11. The van der Waals surface area contributed by atoms with Crippen LogP contribution in [0.4, 0.5) is 5.88 Å². The molecule has 9 nitrogen and oxygen atoms in total. The molecule has 0 saturated carbocycles. The minimum atomic E-state index is -0.730. The Labute approximate surface area is 202 Å². The molecule has 11 heteroatoms. The molecule has 0 aliphatic carbocycles. The third-order valence-corrected chi connectivity index (χ3v) is 6.81. The number of fused-ring (bicyclic) bond motifs is 1. The molecule has 1 unspecified atom stereocenters. The highest BCUT2D eigenvalue weighted by Crippen LogP contribution is 2.32. The quantitative estimate of drug-likeness (QED) is 0.221. The maximum Gasteiger partial charge on any atom is 0.433 e. The molecular formula is C23H21N3O6S2. The molecular weight excluding hydrogens is 478 g/mol. The van der Waals surface area contributed by atoms with E-state index in [0.29, 0.717) is 10.5 Å². The van der Waals surface area contributed by atoms with Gasteiger partial charge in [-0.1, -0.05) is 23.5 Å². The second kappa shape index (κ2) is 9.43. The molecule has 2 aromatic heterocycles. The summed E-state index contributed by atoms with van der Waals surface area (Å²) in [6, 6.07) is 9.54. The Morgan fingerprint density at radius 2 is 2.00 bits per heavy atom. The molecule has 1 aliphatic rings. The van der Waals surface area contributed by atoms with E-state index in [9.17, 15) is 19.7 Å². The highest BCUT2D eigenvalue weighted by atomic mass is 32.2. The maximum atomic E-state index is 13.5. The molecule has 1 aromatic carbocycles. The number of furan rings is 1. The van der Waals surface area contributed by atoms with Crippen molar-refractivity contribution in [3.8, 4) is 0 Å². The smallest absolute Gasteiger partial charge is 0.433 e. The zero-order chi connectivity index (χ0) is 24.6. The van der Waals surface area contributed by atoms with Gasteiger partial charge in [-0.15, -0.1) is 11.8 Å². The molecule has 0 radical (unpaired) electrons. The van der Waals surface area contributed by atoms with Crippen LogP contribution in [0.1, 0.15) is 38.1 Å². The van der Waals surface area contributed by atoms with E-state index in [1.54, 1.807) is 32.5 Å². The van der Waals surface area contributed by atoms with Crippen molar-refractivity contribution in [2.45, 2.75) is 37.8 Å². The van der Waals surface area contributed by atoms with Crippen LogP contribution in [-0.4, -0.2) is 27.8 Å². The minimum Gasteiger partial charge on any atom is -0.459 e. The number of nitrogens with zero attached hydrogens (tertiary/aromatic N) is 3. The Hall–Kier alpha value is -3.44. The van der Waals surface area contributed by atoms with E-state index in [1.165, 1.54) is 22.8 Å². The predicted octanol–water partition coefficient (Wildman–Crippen LogP) is 3.41. The highest BCUT2D eigenvalue weighted by Gasteiger charge is 2.33. The van der Waals surface area contributed by atoms with Crippen molar-refractivity contribution in [2.75, 3.05) is 6.26 Å². The molecule has 0 spiro atoms. The van der Waals surface area contributed by atoms with E-state index in [1.807, 2.05) is 30.5 Å². The van der Waals surface area contributed by atoms with Crippen molar-refractivity contribution < 1.29 is 18.9 Å². The largest absolute Gasteiger partial charge is 0.459 e. The first-order valence-corrected chi connectivity index (χ1v) is 12.4. The van der Waals surface area contributed by atoms with Gasteiger partial charge >= 0.3 is 11.9 Å². The monoisotopic (exact) mass is 499 g/mol. The molecule has 0 saturated heterocycles. The summed E-state index contributed by atoms with van der Waals surface area (Å²) in [5, 5.41) is 10.9. The van der Waals surface area contributed by atoms with Crippen molar-refractivity contribution in [3.63, 3.8) is 0 Å². The number of hydrogen-bond acceptors (Lipinski definition) is 9. The van der Waals surface area contributed by atoms with Crippen LogP contribution in [0.15, 0.2) is 66.8 Å². The Bertz CT molecular complexity index is 1480. The lowest BCUT2D eigenvalue weighted by Crippen LogP contribution is -2.40. The average Bonchev–Trinajstić information content (AvgIpc) is 3.37. The number of thiazole rings is 1. The topological polar surface area (TPSA) is 117 Å². The summed E-state index contributed by atoms with van der Waals surface area (Å²) in [7, 11) is 0. The second-order valence-corrected chi connectivity index (χ2v) is 9.63. The highest BCUT2D eigenvalue weighted by molar-refractivity contribution is 7.98. The van der Waals surface area contributed by atoms with Gasteiger partial charge in [-0.25, -0.2) is 9.79 Å². The van der Waals surface area contributed by atoms with Gasteiger partial charge in [0.15, 0.2) is 4.80 Å². The van der Waals surface area contributed by atoms with Crippen LogP contribution in [-0.2, 0) is 9.53 Å². The molecule has 3 aromatic rings. The van der Waals surface area contributed by atoms with Crippen LogP contribution in [0.25, 0.3) is 6.08 Å². The van der Waals surface area contributed by atoms with Gasteiger partial charge in [-0.3, -0.25) is 19.5 Å². The van der Waals surface area contributed by atoms with E-state index < -0.39 is 22.8 Å². The number of allylic oxidation sites excluding steroid dienone is 1. The average molecular weight is 500 g/mol. The summed E-state index contributed by atoms with van der Waals surface area (Å²) >= 11 is 2.71. The molecule has 34 heavy (non-hydrogen) atoms. The van der Waals surface area contributed by atoms with Crippen molar-refractivity contribution >= 4 is 41.0 Å². The molecule has 0 N–H and O–H groups in total. The van der Waals surface area contributed by atoms with Crippen molar-refractivity contribution in [1.82, 2.24) is 4.57 Å². The van der Waals surface area contributed by atoms with Crippen LogP contribution in [0.2, 0.25) is 0 Å². The molecule has 0 bridgehead atoms. The van der Waals surface area contributed by atoms with Crippen LogP contribution in [0, 0.1) is 10.1 Å². The van der Waals surface area contributed by atoms with Gasteiger partial charge in [0.2, 0.25) is 0 Å². The lowest BCUT2D eigenvalue weighted by molar-refractivity contribution is -0.402. The van der Waals surface area contributed by atoms with Crippen LogP contribution in [0.3, 0.4) is 0 Å². The van der Waals surface area contributed by atoms with Gasteiger partial charge in [0.25, 0.3) is 5.56 Å². The lowest BCUT2D eigenvalue weighted by atomic mass is 9.96. The maximum absolute atomic E-state index is 13.5. The van der Waals surface area contributed by atoms with E-state index in [-0.39, 0.29) is 27.5 Å². The number of nitro groups is 1. The fraction of sp³-hybridized carbons (Fsp3) is 0.261. The standard InChI is InChI=1S/C23H21N3O6S2/c1-12(2)31-22(28)19-13(3)24-23-25(20(19)14-5-8-16(33-4)9-6-14)21(27)17(34-23)11-15-7-10-18(32-15)26(29)30/h5-12,20H,1-4H3. The Kier molecular flexibility index (Phi) is 6.58. The first-order chi connectivity index (χ1) is 16.2. The molecule has 1 aliphatic heterocycles. The number of benzene rings is 1. The Balaban J connectivity index is 1.91. The van der Waals surface area contributed by atoms with Gasteiger partial charge in [0.1, 0.15) is 10.7 Å². The van der Waals surface area contributed by atoms with E-state index >= 15 is 0 Å².